The van der Waals surface area contributed by atoms with Crippen LogP contribution in [0.1, 0.15) is 38.0 Å². The number of aromatic amines is 1. The Morgan fingerprint density at radius 2 is 1.78 bits per heavy atom. The molecule has 12 heteroatoms. The molecule has 0 aliphatic carbocycles. The van der Waals surface area contributed by atoms with E-state index in [1.807, 2.05) is 0 Å². The van der Waals surface area contributed by atoms with Gasteiger partial charge in [0.25, 0.3) is 5.56 Å². The van der Waals surface area contributed by atoms with Gasteiger partial charge in [-0.3, -0.25) is 4.79 Å². The van der Waals surface area contributed by atoms with E-state index in [-0.39, 0.29) is 27.2 Å². The van der Waals surface area contributed by atoms with Crippen molar-refractivity contribution in [2.24, 2.45) is 0 Å². The Balaban J connectivity index is 2.84. The summed E-state index contributed by atoms with van der Waals surface area (Å²) in [5, 5.41) is -0.298. The topological polar surface area (TPSA) is 110 Å². The monoisotopic (exact) mass is 409 g/mol. The minimum Gasteiger partial charge on any atom is -0.371 e. The van der Waals surface area contributed by atoms with Crippen molar-refractivity contribution in [3.8, 4) is 0 Å². The van der Waals surface area contributed by atoms with E-state index in [0.29, 0.717) is 6.07 Å². The van der Waals surface area contributed by atoms with E-state index in [1.165, 1.54) is 6.92 Å². The van der Waals surface area contributed by atoms with Gasteiger partial charge in [-0.1, -0.05) is 0 Å². The number of ether oxygens (including phenoxy) is 1. The maximum atomic E-state index is 13.5. The van der Waals surface area contributed by atoms with Crippen molar-refractivity contribution in [1.82, 2.24) is 9.66 Å². The van der Waals surface area contributed by atoms with Gasteiger partial charge in [-0.25, -0.2) is 18.0 Å². The lowest BCUT2D eigenvalue weighted by atomic mass is 10.00. The number of alkyl halides is 3. The van der Waals surface area contributed by atoms with Crippen molar-refractivity contribution in [3.63, 3.8) is 0 Å². The van der Waals surface area contributed by atoms with Gasteiger partial charge in [0.05, 0.1) is 34.9 Å². The van der Waals surface area contributed by atoms with Gasteiger partial charge in [0, 0.05) is 0 Å². The highest BCUT2D eigenvalue weighted by atomic mass is 32.2. The fraction of sp³-hybridized carbons (Fsp3) is 0.467. The highest BCUT2D eigenvalue weighted by molar-refractivity contribution is 7.91. The van der Waals surface area contributed by atoms with Crippen molar-refractivity contribution in [3.05, 3.63) is 44.1 Å². The zero-order chi connectivity index (χ0) is 20.7. The highest BCUT2D eigenvalue weighted by Crippen LogP contribution is 2.37. The number of nitrogens with one attached hydrogen (secondary N) is 2. The minimum atomic E-state index is -4.76. The van der Waals surface area contributed by atoms with E-state index in [9.17, 15) is 31.2 Å². The van der Waals surface area contributed by atoms with Gasteiger partial charge in [0.15, 0.2) is 0 Å². The molecule has 0 saturated carbocycles. The van der Waals surface area contributed by atoms with Crippen molar-refractivity contribution >= 4 is 20.9 Å². The molecule has 0 fully saturated rings. The second-order valence-corrected chi connectivity index (χ2v) is 7.97. The Morgan fingerprint density at radius 1 is 1.19 bits per heavy atom. The van der Waals surface area contributed by atoms with Crippen LogP contribution in [0.2, 0.25) is 0 Å². The summed E-state index contributed by atoms with van der Waals surface area (Å²) in [6, 6.07) is 1.59. The van der Waals surface area contributed by atoms with Crippen LogP contribution in [0.3, 0.4) is 0 Å². The molecule has 150 valence electrons. The smallest absolute Gasteiger partial charge is 0.371 e. The SMILES string of the molecule is CC(C)OC(C)c1cc2c(=O)n(NS(C)(=O)=O)c(=O)[nH]c2cc1C(F)(F)F. The highest BCUT2D eigenvalue weighted by Gasteiger charge is 2.36. The van der Waals surface area contributed by atoms with Gasteiger partial charge in [-0.2, -0.15) is 17.8 Å². The van der Waals surface area contributed by atoms with Crippen LogP contribution in [-0.2, 0) is 20.9 Å². The summed E-state index contributed by atoms with van der Waals surface area (Å²) in [6.45, 7) is 4.69. The molecule has 0 spiro atoms. The molecule has 2 N–H and O–H groups in total. The lowest BCUT2D eigenvalue weighted by molar-refractivity contribution is -0.139. The Kier molecular flexibility index (Phi) is 5.44. The van der Waals surface area contributed by atoms with Gasteiger partial charge in [-0.05, 0) is 38.5 Å². The second kappa shape index (κ2) is 7.00. The zero-order valence-electron chi connectivity index (χ0n) is 14.8. The molecule has 0 aliphatic heterocycles. The third-order valence-corrected chi connectivity index (χ3v) is 4.06. The van der Waals surface area contributed by atoms with Crippen molar-refractivity contribution < 1.29 is 26.3 Å². The number of H-pyrrole nitrogens is 1. The van der Waals surface area contributed by atoms with E-state index in [2.05, 4.69) is 4.98 Å². The van der Waals surface area contributed by atoms with Gasteiger partial charge in [-0.15, -0.1) is 0 Å². The molecule has 1 heterocycles. The normalized spacial score (nSPS) is 13.9. The maximum Gasteiger partial charge on any atom is 0.416 e. The molecule has 0 bridgehead atoms. The van der Waals surface area contributed by atoms with Crippen LogP contribution in [0.25, 0.3) is 10.9 Å². The van der Waals surface area contributed by atoms with E-state index < -0.39 is 39.1 Å². The number of hydrogen-bond acceptors (Lipinski definition) is 5. The van der Waals surface area contributed by atoms with E-state index in [4.69, 9.17) is 4.74 Å². The molecule has 2 rings (SSSR count). The van der Waals surface area contributed by atoms with E-state index >= 15 is 0 Å². The first-order valence-corrected chi connectivity index (χ1v) is 9.63. The fourth-order valence-electron chi connectivity index (χ4n) is 2.59. The van der Waals surface area contributed by atoms with Crippen molar-refractivity contribution in [2.75, 3.05) is 11.1 Å². The molecule has 27 heavy (non-hydrogen) atoms. The minimum absolute atomic E-state index is 0.183. The number of fused-ring (bicyclic) bond motifs is 1. The second-order valence-electron chi connectivity index (χ2n) is 6.24. The van der Waals surface area contributed by atoms with Gasteiger partial charge >= 0.3 is 11.9 Å². The molecular weight excluding hydrogens is 391 g/mol. The number of nitrogens with zero attached hydrogens (tertiary/aromatic N) is 1. The molecular formula is C15H18F3N3O5S. The van der Waals surface area contributed by atoms with Crippen LogP contribution in [0, 0.1) is 0 Å². The standard InChI is InChI=1S/C15H18F3N3O5S/c1-7(2)26-8(3)9-5-10-12(6-11(9)15(16,17)18)19-14(23)21(13(10)22)20-27(4,24)25/h5-8,20H,1-4H3,(H,19,23). The lowest BCUT2D eigenvalue weighted by Crippen LogP contribution is -2.43. The number of benzene rings is 1. The summed E-state index contributed by atoms with van der Waals surface area (Å²) in [6.07, 6.45) is -5.42. The van der Waals surface area contributed by atoms with Crippen LogP contribution in [0.5, 0.6) is 0 Å². The van der Waals surface area contributed by atoms with E-state index in [0.717, 1.165) is 12.3 Å². The average Bonchev–Trinajstić information content (AvgIpc) is 2.48. The summed E-state index contributed by atoms with van der Waals surface area (Å²) in [5.74, 6) is 0. The van der Waals surface area contributed by atoms with Gasteiger partial charge < -0.3 is 9.72 Å². The Hall–Kier alpha value is -2.34. The predicted molar refractivity (Wildman–Crippen MR) is 92.7 cm³/mol. The number of aromatic nitrogens is 2. The Morgan fingerprint density at radius 3 is 2.26 bits per heavy atom. The Bertz CT molecular complexity index is 1090. The predicted octanol–water partition coefficient (Wildman–Crippen LogP) is 1.70. The lowest BCUT2D eigenvalue weighted by Gasteiger charge is -2.21. The number of halogens is 3. The van der Waals surface area contributed by atoms with Crippen LogP contribution >= 0.6 is 0 Å². The number of rotatable bonds is 5. The molecule has 8 nitrogen and oxygen atoms in total. The first-order valence-electron chi connectivity index (χ1n) is 7.74. The van der Waals surface area contributed by atoms with Crippen LogP contribution < -0.4 is 16.1 Å². The summed E-state index contributed by atoms with van der Waals surface area (Å²) in [7, 11) is -3.98. The first-order chi connectivity index (χ1) is 12.2. The van der Waals surface area contributed by atoms with Crippen LogP contribution in [0.15, 0.2) is 21.7 Å². The summed E-state index contributed by atoms with van der Waals surface area (Å²) in [4.78, 5) is 28.2. The molecule has 0 amide bonds. The summed E-state index contributed by atoms with van der Waals surface area (Å²) >= 11 is 0. The Labute approximate surface area is 152 Å². The number of hydrogen-bond donors (Lipinski definition) is 2. The van der Waals surface area contributed by atoms with Gasteiger partial charge in [0.2, 0.25) is 10.0 Å². The van der Waals surface area contributed by atoms with Crippen molar-refractivity contribution in [2.45, 2.75) is 39.2 Å². The molecule has 0 radical (unpaired) electrons. The maximum absolute atomic E-state index is 13.5. The summed E-state index contributed by atoms with van der Waals surface area (Å²) in [5.41, 5.74) is -4.06. The molecule has 1 atom stereocenters. The third kappa shape index (κ3) is 4.69. The molecule has 1 aromatic carbocycles. The molecule has 0 saturated heterocycles. The fourth-order valence-corrected chi connectivity index (χ4v) is 3.09. The van der Waals surface area contributed by atoms with Crippen molar-refractivity contribution in [1.29, 1.82) is 0 Å². The molecule has 2 aromatic rings. The number of sulfonamides is 1. The molecule has 0 aliphatic rings. The average molecular weight is 409 g/mol. The van der Waals surface area contributed by atoms with E-state index in [1.54, 1.807) is 18.7 Å². The van der Waals surface area contributed by atoms with Crippen LogP contribution in [0.4, 0.5) is 13.2 Å². The quantitative estimate of drug-likeness (QED) is 0.781. The van der Waals surface area contributed by atoms with Crippen LogP contribution in [-0.4, -0.2) is 30.4 Å². The summed E-state index contributed by atoms with van der Waals surface area (Å²) < 4.78 is 68.6. The first kappa shape index (κ1) is 21.0. The largest absolute Gasteiger partial charge is 0.416 e. The van der Waals surface area contributed by atoms with Gasteiger partial charge in [0.1, 0.15) is 0 Å². The zero-order valence-corrected chi connectivity index (χ0v) is 15.7. The third-order valence-electron chi connectivity index (χ3n) is 3.54. The molecule has 1 unspecified atom stereocenters. The molecule has 1 aromatic heterocycles.